The molecule has 0 radical (unpaired) electrons. The van der Waals surface area contributed by atoms with Crippen molar-refractivity contribution in [2.45, 2.75) is 52.4 Å². The van der Waals surface area contributed by atoms with Gasteiger partial charge in [-0.1, -0.05) is 95.6 Å². The number of hydrogen-bond acceptors (Lipinski definition) is 2. The van der Waals surface area contributed by atoms with Crippen LogP contribution in [0.15, 0.2) is 89.3 Å². The van der Waals surface area contributed by atoms with Crippen molar-refractivity contribution in [3.63, 3.8) is 0 Å². The molecule has 8 aromatic rings. The highest BCUT2D eigenvalue weighted by molar-refractivity contribution is 6.39. The lowest BCUT2D eigenvalue weighted by molar-refractivity contribution is 0.125. The maximum Gasteiger partial charge on any atom is 0.220 e. The van der Waals surface area contributed by atoms with E-state index in [-0.39, 0.29) is 16.2 Å². The van der Waals surface area contributed by atoms with Gasteiger partial charge in [-0.05, 0) is 75.2 Å². The van der Waals surface area contributed by atoms with Crippen molar-refractivity contribution in [3.05, 3.63) is 101 Å². The molecule has 0 amide bonds. The topological polar surface area (TPSA) is 35.4 Å². The first-order valence-corrected chi connectivity index (χ1v) is 15.4. The Labute approximate surface area is 254 Å². The Morgan fingerprint density at radius 1 is 0.674 bits per heavy atom. The van der Waals surface area contributed by atoms with Crippen LogP contribution < -0.4 is 0 Å². The van der Waals surface area contributed by atoms with E-state index in [1.54, 1.807) is 0 Å². The highest BCUT2D eigenvalue weighted by atomic mass is 35.5. The van der Waals surface area contributed by atoms with Gasteiger partial charge in [-0.15, -0.1) is 0 Å². The van der Waals surface area contributed by atoms with E-state index in [0.717, 1.165) is 55.5 Å². The second-order valence-corrected chi connectivity index (χ2v) is 14.2. The number of hydrogen-bond donors (Lipinski definition) is 0. The Kier molecular flexibility index (Phi) is 4.58. The maximum atomic E-state index is 7.37. The van der Waals surface area contributed by atoms with E-state index in [0.29, 0.717) is 5.02 Å². The zero-order chi connectivity index (χ0) is 29.6. The number of furan rings is 1. The molecular weight excluding hydrogens is 550 g/mol. The smallest absolute Gasteiger partial charge is 0.220 e. The van der Waals surface area contributed by atoms with E-state index in [1.807, 2.05) is 24.3 Å². The molecule has 0 saturated carbocycles. The Hall–Kier alpha value is -4.28. The average Bonchev–Trinajstić information content (AvgIpc) is 3.58. The van der Waals surface area contributed by atoms with Gasteiger partial charge < -0.3 is 4.42 Å². The third kappa shape index (κ3) is 2.86. The lowest BCUT2D eigenvalue weighted by Crippen LogP contribution is -2.42. The second-order valence-electron chi connectivity index (χ2n) is 13.9. The summed E-state index contributed by atoms with van der Waals surface area (Å²) in [5.74, 6) is 0.841. The summed E-state index contributed by atoms with van der Waals surface area (Å²) in [4.78, 5) is 5.41. The minimum Gasteiger partial charge on any atom is -0.456 e. The van der Waals surface area contributed by atoms with Crippen LogP contribution in [0.25, 0.3) is 66.2 Å². The van der Waals surface area contributed by atoms with Crippen LogP contribution in [0.1, 0.15) is 52.7 Å². The van der Waals surface area contributed by atoms with Crippen molar-refractivity contribution >= 4 is 72.2 Å². The average molecular weight is 582 g/mol. The molecule has 4 nitrogen and oxygen atoms in total. The summed E-state index contributed by atoms with van der Waals surface area (Å²) in [7, 11) is 0. The van der Waals surface area contributed by atoms with Crippen LogP contribution >= 0.6 is 11.6 Å². The van der Waals surface area contributed by atoms with Gasteiger partial charge in [-0.3, -0.25) is 8.97 Å². The summed E-state index contributed by atoms with van der Waals surface area (Å²) < 4.78 is 10.8. The monoisotopic (exact) mass is 581 g/mol. The van der Waals surface area contributed by atoms with Crippen LogP contribution in [-0.4, -0.2) is 14.0 Å². The summed E-state index contributed by atoms with van der Waals surface area (Å²) >= 11 is 7.37. The molecule has 0 fully saturated rings. The van der Waals surface area contributed by atoms with E-state index in [2.05, 4.69) is 111 Å². The molecule has 0 N–H and O–H groups in total. The van der Waals surface area contributed by atoms with Crippen molar-refractivity contribution in [1.82, 2.24) is 14.0 Å². The Bertz CT molecular complexity index is 2500. The summed E-state index contributed by atoms with van der Waals surface area (Å²) in [6, 6.07) is 30.0. The molecule has 0 unspecified atom stereocenters. The number of halogens is 1. The number of para-hydroxylation sites is 1. The van der Waals surface area contributed by atoms with Crippen LogP contribution in [0.4, 0.5) is 0 Å². The van der Waals surface area contributed by atoms with Gasteiger partial charge in [-0.25, -0.2) is 4.98 Å². The first-order valence-electron chi connectivity index (χ1n) is 15.0. The summed E-state index contributed by atoms with van der Waals surface area (Å²) in [5.41, 5.74) is 9.65. The van der Waals surface area contributed by atoms with Gasteiger partial charge >= 0.3 is 0 Å². The molecule has 3 aromatic heterocycles. The van der Waals surface area contributed by atoms with Crippen molar-refractivity contribution in [2.75, 3.05) is 0 Å². The zero-order valence-electron chi connectivity index (χ0n) is 25.2. The Morgan fingerprint density at radius 3 is 2.14 bits per heavy atom. The van der Waals surface area contributed by atoms with Crippen molar-refractivity contribution in [2.24, 2.45) is 5.41 Å². The lowest BCUT2D eigenvalue weighted by Gasteiger charge is -2.44. The fourth-order valence-electron chi connectivity index (χ4n) is 7.94. The van der Waals surface area contributed by atoms with Crippen molar-refractivity contribution < 1.29 is 4.42 Å². The van der Waals surface area contributed by atoms with Gasteiger partial charge in [0, 0.05) is 16.2 Å². The largest absolute Gasteiger partial charge is 0.456 e. The third-order valence-corrected chi connectivity index (χ3v) is 11.9. The molecule has 9 rings (SSSR count). The third-order valence-electron chi connectivity index (χ3n) is 11.5. The summed E-state index contributed by atoms with van der Waals surface area (Å²) in [5, 5.41) is 4.96. The minimum atomic E-state index is -0.0142. The highest BCUT2D eigenvalue weighted by Crippen LogP contribution is 2.62. The van der Waals surface area contributed by atoms with Crippen LogP contribution in [0.3, 0.4) is 0 Å². The minimum absolute atomic E-state index is 0.0104. The number of benzene rings is 5. The van der Waals surface area contributed by atoms with Crippen LogP contribution in [0.2, 0.25) is 5.02 Å². The quantitative estimate of drug-likeness (QED) is 0.193. The number of nitrogens with zero attached hydrogens (tertiary/aromatic N) is 3. The molecule has 43 heavy (non-hydrogen) atoms. The van der Waals surface area contributed by atoms with Crippen LogP contribution in [0.5, 0.6) is 0 Å². The van der Waals surface area contributed by atoms with Crippen molar-refractivity contribution in [3.8, 4) is 5.69 Å². The van der Waals surface area contributed by atoms with E-state index >= 15 is 0 Å². The van der Waals surface area contributed by atoms with Crippen LogP contribution in [-0.2, 0) is 10.8 Å². The van der Waals surface area contributed by atoms with E-state index in [1.165, 1.54) is 21.9 Å². The first-order chi connectivity index (χ1) is 20.5. The van der Waals surface area contributed by atoms with Gasteiger partial charge in [0.2, 0.25) is 5.78 Å². The molecule has 212 valence electrons. The molecule has 0 spiro atoms. The summed E-state index contributed by atoms with van der Waals surface area (Å²) in [6.07, 6.45) is 0. The van der Waals surface area contributed by atoms with Crippen molar-refractivity contribution in [1.29, 1.82) is 0 Å². The molecule has 1 aliphatic rings. The maximum absolute atomic E-state index is 7.37. The number of imidazole rings is 1. The predicted octanol–water partition coefficient (Wildman–Crippen LogP) is 10.7. The molecule has 3 heterocycles. The van der Waals surface area contributed by atoms with Gasteiger partial charge in [-0.2, -0.15) is 0 Å². The molecule has 5 heteroatoms. The second kappa shape index (κ2) is 7.81. The molecule has 0 atom stereocenters. The van der Waals surface area contributed by atoms with Gasteiger partial charge in [0.25, 0.3) is 0 Å². The number of fused-ring (bicyclic) bond motifs is 8. The van der Waals surface area contributed by atoms with E-state index < -0.39 is 0 Å². The van der Waals surface area contributed by atoms with E-state index in [9.17, 15) is 0 Å². The highest BCUT2D eigenvalue weighted by Gasteiger charge is 2.57. The fraction of sp³-hybridized carbons (Fsp3) is 0.237. The molecule has 0 bridgehead atoms. The standard InChI is InChI=1S/C38H32ClN3O/c1-36(2)23-19-25-29(20-24(23)37(3,4)38(36,5)6)42-27-15-10-12-21-11-9-14-26(32(21)27)41(35(42)40-25)28-17-18-31-33(34(28)39)22-13-7-8-16-30(22)43-31/h7-20H,1-6H3. The Morgan fingerprint density at radius 2 is 1.37 bits per heavy atom. The van der Waals surface area contributed by atoms with Gasteiger partial charge in [0.1, 0.15) is 11.2 Å². The molecule has 1 aliphatic carbocycles. The fourth-order valence-corrected chi connectivity index (χ4v) is 8.29. The molecule has 5 aromatic carbocycles. The Balaban J connectivity index is 1.48. The number of aromatic nitrogens is 3. The lowest BCUT2D eigenvalue weighted by atomic mass is 9.59. The number of rotatable bonds is 1. The predicted molar refractivity (Wildman–Crippen MR) is 179 cm³/mol. The SMILES string of the molecule is CC1(C)c2cc3nc4n(-c5ccc6oc7ccccc7c6c5Cl)c5cccc6cccc(c65)n4c3cc2C(C)(C)C1(C)C. The molecule has 0 aliphatic heterocycles. The first kappa shape index (κ1) is 25.2. The summed E-state index contributed by atoms with van der Waals surface area (Å²) in [6.45, 7) is 14.4. The van der Waals surface area contributed by atoms with Crippen LogP contribution in [0, 0.1) is 5.41 Å². The normalized spacial score (nSPS) is 17.3. The van der Waals surface area contributed by atoms with Gasteiger partial charge in [0.05, 0.1) is 32.8 Å². The van der Waals surface area contributed by atoms with E-state index in [4.69, 9.17) is 21.0 Å². The molecule has 0 saturated heterocycles. The van der Waals surface area contributed by atoms with Gasteiger partial charge in [0.15, 0.2) is 0 Å². The molecular formula is C38H32ClN3O. The zero-order valence-corrected chi connectivity index (χ0v) is 26.0.